The van der Waals surface area contributed by atoms with Crippen molar-refractivity contribution >= 4 is 0 Å². The number of aromatic nitrogens is 3. The summed E-state index contributed by atoms with van der Waals surface area (Å²) in [6.45, 7) is 6.88. The highest BCUT2D eigenvalue weighted by Gasteiger charge is 2.21. The zero-order chi connectivity index (χ0) is 9.97. The molecule has 0 N–H and O–H groups in total. The molecule has 0 bridgehead atoms. The quantitative estimate of drug-likeness (QED) is 0.716. The SMILES string of the molecule is CC1CCN(C(C)n2ccnn2)CC1. The molecule has 0 spiro atoms. The van der Waals surface area contributed by atoms with E-state index in [1.807, 2.05) is 10.9 Å². The van der Waals surface area contributed by atoms with Gasteiger partial charge in [0.1, 0.15) is 6.17 Å². The van der Waals surface area contributed by atoms with Gasteiger partial charge < -0.3 is 0 Å². The molecule has 2 rings (SSSR count). The second-order valence-corrected chi connectivity index (χ2v) is 4.23. The van der Waals surface area contributed by atoms with Gasteiger partial charge in [0.15, 0.2) is 0 Å². The lowest BCUT2D eigenvalue weighted by Gasteiger charge is -2.34. The Bertz CT molecular complexity index is 262. The maximum atomic E-state index is 4.04. The van der Waals surface area contributed by atoms with Crippen LogP contribution in [0.4, 0.5) is 0 Å². The molecule has 0 amide bonds. The topological polar surface area (TPSA) is 34.0 Å². The van der Waals surface area contributed by atoms with E-state index >= 15 is 0 Å². The van der Waals surface area contributed by atoms with Gasteiger partial charge in [0.2, 0.25) is 0 Å². The predicted octanol–water partition coefficient (Wildman–Crippen LogP) is 1.53. The number of nitrogens with zero attached hydrogens (tertiary/aromatic N) is 4. The largest absolute Gasteiger partial charge is 0.282 e. The Morgan fingerprint density at radius 1 is 1.36 bits per heavy atom. The minimum Gasteiger partial charge on any atom is -0.282 e. The van der Waals surface area contributed by atoms with Crippen molar-refractivity contribution in [1.82, 2.24) is 19.9 Å². The van der Waals surface area contributed by atoms with Gasteiger partial charge in [0, 0.05) is 19.3 Å². The van der Waals surface area contributed by atoms with Crippen molar-refractivity contribution < 1.29 is 0 Å². The average molecular weight is 194 g/mol. The highest BCUT2D eigenvalue weighted by atomic mass is 15.5. The van der Waals surface area contributed by atoms with Crippen LogP contribution in [0, 0.1) is 5.92 Å². The van der Waals surface area contributed by atoms with Gasteiger partial charge in [-0.3, -0.25) is 4.90 Å². The Labute approximate surface area is 84.9 Å². The van der Waals surface area contributed by atoms with Crippen LogP contribution >= 0.6 is 0 Å². The van der Waals surface area contributed by atoms with Crippen LogP contribution in [0.3, 0.4) is 0 Å². The predicted molar refractivity (Wildman–Crippen MR) is 54.7 cm³/mol. The molecule has 2 heterocycles. The number of piperidine rings is 1. The van der Waals surface area contributed by atoms with E-state index in [0.29, 0.717) is 6.17 Å². The van der Waals surface area contributed by atoms with Crippen molar-refractivity contribution in [2.45, 2.75) is 32.9 Å². The molecular weight excluding hydrogens is 176 g/mol. The number of hydrogen-bond acceptors (Lipinski definition) is 3. The van der Waals surface area contributed by atoms with Gasteiger partial charge in [-0.25, -0.2) is 4.68 Å². The van der Waals surface area contributed by atoms with Crippen molar-refractivity contribution in [2.75, 3.05) is 13.1 Å². The van der Waals surface area contributed by atoms with Crippen molar-refractivity contribution in [3.05, 3.63) is 12.4 Å². The molecule has 0 aliphatic carbocycles. The summed E-state index contributed by atoms with van der Waals surface area (Å²) in [4.78, 5) is 2.47. The molecular formula is C10H18N4. The fraction of sp³-hybridized carbons (Fsp3) is 0.800. The molecule has 1 aromatic rings. The lowest BCUT2D eigenvalue weighted by molar-refractivity contribution is 0.0965. The molecule has 1 aromatic heterocycles. The first-order chi connectivity index (χ1) is 6.77. The molecule has 4 nitrogen and oxygen atoms in total. The van der Waals surface area contributed by atoms with Gasteiger partial charge >= 0.3 is 0 Å². The van der Waals surface area contributed by atoms with E-state index in [1.165, 1.54) is 25.9 Å². The Hall–Kier alpha value is -0.900. The molecule has 0 aromatic carbocycles. The molecule has 1 saturated heterocycles. The van der Waals surface area contributed by atoms with E-state index in [9.17, 15) is 0 Å². The maximum absolute atomic E-state index is 4.04. The third-order valence-corrected chi connectivity index (χ3v) is 3.17. The van der Waals surface area contributed by atoms with Crippen molar-refractivity contribution in [3.63, 3.8) is 0 Å². The Morgan fingerprint density at radius 3 is 2.64 bits per heavy atom. The lowest BCUT2D eigenvalue weighted by Crippen LogP contribution is -2.37. The molecule has 1 unspecified atom stereocenters. The van der Waals surface area contributed by atoms with Crippen LogP contribution in [0.15, 0.2) is 12.4 Å². The van der Waals surface area contributed by atoms with Crippen molar-refractivity contribution in [2.24, 2.45) is 5.92 Å². The van der Waals surface area contributed by atoms with Crippen LogP contribution < -0.4 is 0 Å². The fourth-order valence-electron chi connectivity index (χ4n) is 1.99. The highest BCUT2D eigenvalue weighted by Crippen LogP contribution is 2.21. The summed E-state index contributed by atoms with van der Waals surface area (Å²) in [5.41, 5.74) is 0. The van der Waals surface area contributed by atoms with Gasteiger partial charge in [-0.2, -0.15) is 0 Å². The Morgan fingerprint density at radius 2 is 2.07 bits per heavy atom. The second kappa shape index (κ2) is 4.09. The molecule has 0 radical (unpaired) electrons. The third kappa shape index (κ3) is 1.95. The van der Waals surface area contributed by atoms with Crippen LogP contribution in [0.1, 0.15) is 32.9 Å². The minimum absolute atomic E-state index is 0.352. The zero-order valence-electron chi connectivity index (χ0n) is 8.93. The molecule has 78 valence electrons. The number of hydrogen-bond donors (Lipinski definition) is 0. The Balaban J connectivity index is 1.95. The number of rotatable bonds is 2. The summed E-state index contributed by atoms with van der Waals surface area (Å²) in [5.74, 6) is 0.884. The summed E-state index contributed by atoms with van der Waals surface area (Å²) >= 11 is 0. The second-order valence-electron chi connectivity index (χ2n) is 4.23. The molecule has 14 heavy (non-hydrogen) atoms. The first kappa shape index (κ1) is 9.65. The number of likely N-dealkylation sites (tertiary alicyclic amines) is 1. The normalized spacial score (nSPS) is 22.4. The molecule has 1 atom stereocenters. The summed E-state index contributed by atoms with van der Waals surface area (Å²) in [6.07, 6.45) is 6.63. The van der Waals surface area contributed by atoms with Crippen molar-refractivity contribution in [1.29, 1.82) is 0 Å². The van der Waals surface area contributed by atoms with Crippen LogP contribution in [0.25, 0.3) is 0 Å². The van der Waals surface area contributed by atoms with Crippen LogP contribution in [-0.4, -0.2) is 33.0 Å². The van der Waals surface area contributed by atoms with Gasteiger partial charge in [0.05, 0.1) is 6.20 Å². The first-order valence-corrected chi connectivity index (χ1v) is 5.37. The maximum Gasteiger partial charge on any atom is 0.103 e. The molecule has 4 heteroatoms. The zero-order valence-corrected chi connectivity index (χ0v) is 8.93. The minimum atomic E-state index is 0.352. The summed E-state index contributed by atoms with van der Waals surface area (Å²) in [5, 5.41) is 7.87. The van der Waals surface area contributed by atoms with Crippen LogP contribution in [-0.2, 0) is 0 Å². The van der Waals surface area contributed by atoms with Crippen LogP contribution in [0.2, 0.25) is 0 Å². The van der Waals surface area contributed by atoms with E-state index in [0.717, 1.165) is 5.92 Å². The van der Waals surface area contributed by atoms with Gasteiger partial charge in [-0.15, -0.1) is 5.10 Å². The average Bonchev–Trinajstić information content (AvgIpc) is 2.71. The molecule has 0 saturated carbocycles. The van der Waals surface area contributed by atoms with E-state index < -0.39 is 0 Å². The van der Waals surface area contributed by atoms with Gasteiger partial charge in [-0.1, -0.05) is 12.1 Å². The lowest BCUT2D eigenvalue weighted by atomic mass is 9.99. The van der Waals surface area contributed by atoms with E-state index in [-0.39, 0.29) is 0 Å². The molecule has 1 aliphatic heterocycles. The van der Waals surface area contributed by atoms with Crippen molar-refractivity contribution in [3.8, 4) is 0 Å². The van der Waals surface area contributed by atoms with Gasteiger partial charge in [0.25, 0.3) is 0 Å². The summed E-state index contributed by atoms with van der Waals surface area (Å²) in [6, 6.07) is 0. The highest BCUT2D eigenvalue weighted by molar-refractivity contribution is 4.75. The summed E-state index contributed by atoms with van der Waals surface area (Å²) < 4.78 is 1.93. The standard InChI is InChI=1S/C10H18N4/c1-9-3-6-13(7-4-9)10(2)14-8-5-11-12-14/h5,8-10H,3-4,6-7H2,1-2H3. The molecule has 1 fully saturated rings. The first-order valence-electron chi connectivity index (χ1n) is 5.37. The monoisotopic (exact) mass is 194 g/mol. The third-order valence-electron chi connectivity index (χ3n) is 3.17. The smallest absolute Gasteiger partial charge is 0.103 e. The summed E-state index contributed by atoms with van der Waals surface area (Å²) in [7, 11) is 0. The van der Waals surface area contributed by atoms with E-state index in [4.69, 9.17) is 0 Å². The van der Waals surface area contributed by atoms with Gasteiger partial charge in [-0.05, 0) is 25.7 Å². The fourth-order valence-corrected chi connectivity index (χ4v) is 1.99. The van der Waals surface area contributed by atoms with Crippen LogP contribution in [0.5, 0.6) is 0 Å². The van der Waals surface area contributed by atoms with E-state index in [1.54, 1.807) is 6.20 Å². The molecule has 1 aliphatic rings. The Kier molecular flexibility index (Phi) is 2.82. The van der Waals surface area contributed by atoms with E-state index in [2.05, 4.69) is 29.1 Å².